The van der Waals surface area contributed by atoms with Crippen LogP contribution in [0.2, 0.25) is 18.1 Å². The zero-order chi connectivity index (χ0) is 15.4. The summed E-state index contributed by atoms with van der Waals surface area (Å²) in [6.07, 6.45) is 8.45. The predicted octanol–water partition coefficient (Wildman–Crippen LogP) is 4.77. The highest BCUT2D eigenvalue weighted by atomic mass is 29.2. The highest BCUT2D eigenvalue weighted by Crippen LogP contribution is 2.39. The maximum Gasteiger partial charge on any atom is 0.0861 e. The molecule has 118 valence electrons. The minimum absolute atomic E-state index is 0.478. The van der Waals surface area contributed by atoms with Crippen LogP contribution in [0.4, 0.5) is 0 Å². The van der Waals surface area contributed by atoms with Crippen LogP contribution in [0.1, 0.15) is 66.7 Å². The highest BCUT2D eigenvalue weighted by molar-refractivity contribution is 7.36. The van der Waals surface area contributed by atoms with Crippen LogP contribution in [0.3, 0.4) is 0 Å². The third-order valence-electron chi connectivity index (χ3n) is 5.26. The Kier molecular flexibility index (Phi) is 6.74. The molecule has 0 radical (unpaired) electrons. The normalized spacial score (nSPS) is 20.8. The Morgan fingerprint density at radius 3 is 2.10 bits per heavy atom. The number of hydrogen-bond acceptors (Lipinski definition) is 1. The van der Waals surface area contributed by atoms with E-state index in [4.69, 9.17) is 0 Å². The van der Waals surface area contributed by atoms with Crippen LogP contribution in [0.5, 0.6) is 0 Å². The molecule has 1 nitrogen and oxygen atoms in total. The molecular weight excluding hydrogens is 274 g/mol. The van der Waals surface area contributed by atoms with Crippen molar-refractivity contribution in [1.82, 2.24) is 5.32 Å². The average Bonchev–Trinajstić information content (AvgIpc) is 2.33. The summed E-state index contributed by atoms with van der Waals surface area (Å²) < 4.78 is 0. The first-order valence-electron chi connectivity index (χ1n) is 8.58. The topological polar surface area (TPSA) is 12.0 Å². The smallest absolute Gasteiger partial charge is 0.0861 e. The van der Waals surface area contributed by atoms with E-state index in [1.54, 1.807) is 5.57 Å². The molecule has 1 aliphatic rings. The summed E-state index contributed by atoms with van der Waals surface area (Å²) in [5, 5.41) is 4.49. The molecule has 0 saturated heterocycles. The van der Waals surface area contributed by atoms with Gasteiger partial charge in [0.25, 0.3) is 0 Å². The summed E-state index contributed by atoms with van der Waals surface area (Å²) in [5.74, 6) is 0. The number of rotatable bonds is 5. The second-order valence-corrected chi connectivity index (χ2v) is 21.5. The molecule has 20 heavy (non-hydrogen) atoms. The zero-order valence-corrected chi connectivity index (χ0v) is 17.1. The lowest BCUT2D eigenvalue weighted by molar-refractivity contribution is 0.387. The van der Waals surface area contributed by atoms with Gasteiger partial charge in [-0.25, -0.2) is 0 Å². The molecule has 1 saturated carbocycles. The maximum absolute atomic E-state index is 4.01. The summed E-state index contributed by atoms with van der Waals surface area (Å²) >= 11 is 0. The van der Waals surface area contributed by atoms with E-state index in [2.05, 4.69) is 58.7 Å². The average molecular weight is 312 g/mol. The first kappa shape index (κ1) is 18.2. The van der Waals surface area contributed by atoms with Crippen molar-refractivity contribution >= 4 is 15.9 Å². The Morgan fingerprint density at radius 1 is 1.15 bits per heavy atom. The number of allylic oxidation sites excluding steroid dienone is 1. The summed E-state index contributed by atoms with van der Waals surface area (Å²) in [6.45, 7) is 17.2. The first-order valence-corrected chi connectivity index (χ1v) is 15.0. The van der Waals surface area contributed by atoms with E-state index in [9.17, 15) is 0 Å². The molecule has 0 aromatic rings. The van der Waals surface area contributed by atoms with Gasteiger partial charge in [-0.1, -0.05) is 64.4 Å². The van der Waals surface area contributed by atoms with Gasteiger partial charge in [-0.15, -0.1) is 0 Å². The minimum Gasteiger partial charge on any atom is -0.317 e. The van der Waals surface area contributed by atoms with Crippen LogP contribution in [0.15, 0.2) is 11.3 Å². The molecule has 0 aromatic carbocycles. The van der Waals surface area contributed by atoms with E-state index >= 15 is 0 Å². The monoisotopic (exact) mass is 311 g/mol. The molecule has 0 spiro atoms. The molecule has 1 fully saturated rings. The Morgan fingerprint density at radius 2 is 1.70 bits per heavy atom. The Hall–Kier alpha value is 0.134. The third kappa shape index (κ3) is 4.57. The molecule has 0 bridgehead atoms. The van der Waals surface area contributed by atoms with E-state index < -0.39 is 15.9 Å². The van der Waals surface area contributed by atoms with Gasteiger partial charge >= 0.3 is 0 Å². The Labute approximate surface area is 130 Å². The van der Waals surface area contributed by atoms with Crippen molar-refractivity contribution in [2.45, 2.75) is 90.9 Å². The molecule has 0 amide bonds. The van der Waals surface area contributed by atoms with Crippen molar-refractivity contribution in [2.75, 3.05) is 6.17 Å². The van der Waals surface area contributed by atoms with Crippen LogP contribution in [0.25, 0.3) is 0 Å². The van der Waals surface area contributed by atoms with Crippen LogP contribution < -0.4 is 5.32 Å². The van der Waals surface area contributed by atoms with Gasteiger partial charge in [-0.3, -0.25) is 0 Å². The molecule has 0 aliphatic heterocycles. The van der Waals surface area contributed by atoms with Gasteiger partial charge in [0.1, 0.15) is 0 Å². The van der Waals surface area contributed by atoms with Gasteiger partial charge in [0.15, 0.2) is 0 Å². The number of nitrogens with one attached hydrogen (secondary N) is 1. The fraction of sp³-hybridized carbons (Fsp3) is 0.882. The van der Waals surface area contributed by atoms with Crippen LogP contribution >= 0.6 is 0 Å². The highest BCUT2D eigenvalue weighted by Gasteiger charge is 2.45. The van der Waals surface area contributed by atoms with Crippen LogP contribution in [0, 0.1) is 0 Å². The fourth-order valence-corrected chi connectivity index (χ4v) is 17.9. The first-order chi connectivity index (χ1) is 9.19. The molecular formula is C17H37NSi2. The van der Waals surface area contributed by atoms with Crippen molar-refractivity contribution in [3.63, 3.8) is 0 Å². The van der Waals surface area contributed by atoms with E-state index in [-0.39, 0.29) is 0 Å². The minimum atomic E-state index is -1.36. The van der Waals surface area contributed by atoms with Crippen LogP contribution in [-0.4, -0.2) is 28.1 Å². The van der Waals surface area contributed by atoms with Crippen LogP contribution in [-0.2, 0) is 0 Å². The molecule has 1 aliphatic carbocycles. The summed E-state index contributed by atoms with van der Waals surface area (Å²) in [6, 6.07) is 0.802. The van der Waals surface area contributed by atoms with E-state index in [0.29, 0.717) is 5.04 Å². The van der Waals surface area contributed by atoms with Crippen molar-refractivity contribution in [2.24, 2.45) is 0 Å². The summed E-state index contributed by atoms with van der Waals surface area (Å²) in [4.78, 5) is 0. The summed E-state index contributed by atoms with van der Waals surface area (Å²) in [7, 11) is -2.03. The van der Waals surface area contributed by atoms with Gasteiger partial charge in [0, 0.05) is 14.4 Å². The molecule has 0 heterocycles. The van der Waals surface area contributed by atoms with Crippen molar-refractivity contribution < 1.29 is 0 Å². The second-order valence-electron chi connectivity index (χ2n) is 8.38. The van der Waals surface area contributed by atoms with E-state index in [1.807, 2.05) is 0 Å². The SMILES string of the molecule is CC(C)=C[Si](CNC1CCCCC1)([SiH](C)C)C(C)(C)C. The quantitative estimate of drug-likeness (QED) is 0.721. The lowest BCUT2D eigenvalue weighted by atomic mass is 9.96. The molecule has 3 heteroatoms. The van der Waals surface area contributed by atoms with Crippen molar-refractivity contribution in [3.8, 4) is 0 Å². The predicted molar refractivity (Wildman–Crippen MR) is 98.7 cm³/mol. The largest absolute Gasteiger partial charge is 0.317 e. The van der Waals surface area contributed by atoms with E-state index in [1.165, 1.54) is 38.3 Å². The van der Waals surface area contributed by atoms with Gasteiger partial charge in [-0.05, 0) is 37.9 Å². The fourth-order valence-electron chi connectivity index (χ4n) is 3.90. The third-order valence-corrected chi connectivity index (χ3v) is 21.9. The van der Waals surface area contributed by atoms with Gasteiger partial charge in [0.05, 0.1) is 7.59 Å². The van der Waals surface area contributed by atoms with Gasteiger partial charge in [0.2, 0.25) is 0 Å². The Balaban J connectivity index is 2.88. The molecule has 1 N–H and O–H groups in total. The van der Waals surface area contributed by atoms with Crippen molar-refractivity contribution in [1.29, 1.82) is 0 Å². The Bertz CT molecular complexity index is 320. The summed E-state index contributed by atoms with van der Waals surface area (Å²) in [5.41, 5.74) is 4.28. The lowest BCUT2D eigenvalue weighted by Gasteiger charge is -2.45. The molecule has 0 aromatic heterocycles. The van der Waals surface area contributed by atoms with Gasteiger partial charge in [-0.2, -0.15) is 0 Å². The van der Waals surface area contributed by atoms with E-state index in [0.717, 1.165) is 6.04 Å². The second kappa shape index (κ2) is 7.41. The number of hydrogen-bond donors (Lipinski definition) is 1. The molecule has 1 rings (SSSR count). The lowest BCUT2D eigenvalue weighted by Crippen LogP contribution is -2.62. The maximum atomic E-state index is 4.01. The standard InChI is InChI=1S/C17H37NSi2/c1-15(2)13-20(19(6)7,17(3,4)5)14-18-16-11-9-8-10-12-16/h13,16,18-19H,8-12,14H2,1-7H3. The van der Waals surface area contributed by atoms with Gasteiger partial charge < -0.3 is 5.32 Å². The van der Waals surface area contributed by atoms with Crippen molar-refractivity contribution in [3.05, 3.63) is 11.3 Å². The molecule has 1 atom stereocenters. The molecule has 1 unspecified atom stereocenters. The zero-order valence-electron chi connectivity index (χ0n) is 15.0.